The van der Waals surface area contributed by atoms with Crippen LogP contribution in [0.3, 0.4) is 0 Å². The summed E-state index contributed by atoms with van der Waals surface area (Å²) in [5, 5.41) is 36.0. The molecule has 0 amide bonds. The molecule has 0 aliphatic heterocycles. The fourth-order valence-electron chi connectivity index (χ4n) is 2.59. The Kier molecular flexibility index (Phi) is 7.09. The minimum atomic E-state index is -5.79. The first kappa shape index (κ1) is 24.7. The summed E-state index contributed by atoms with van der Waals surface area (Å²) in [5.41, 5.74) is 0. The highest BCUT2D eigenvalue weighted by Crippen LogP contribution is 2.40. The maximum Gasteiger partial charge on any atom is 0.328 e. The van der Waals surface area contributed by atoms with E-state index in [1.54, 1.807) is 0 Å². The predicted octanol–water partition coefficient (Wildman–Crippen LogP) is -1.62. The van der Waals surface area contributed by atoms with Gasteiger partial charge in [-0.1, -0.05) is 6.92 Å². The second-order valence-electron chi connectivity index (χ2n) is 5.69. The van der Waals surface area contributed by atoms with Crippen LogP contribution in [0, 0.1) is 5.92 Å². The molecule has 0 saturated heterocycles. The number of carboxylic acid groups (broad SMARTS) is 4. The van der Waals surface area contributed by atoms with E-state index < -0.39 is 78.8 Å². The first-order valence-corrected chi connectivity index (χ1v) is 9.57. The van der Waals surface area contributed by atoms with Crippen molar-refractivity contribution in [3.05, 3.63) is 0 Å². The van der Waals surface area contributed by atoms with Gasteiger partial charge in [0.2, 0.25) is 9.49 Å². The van der Waals surface area contributed by atoms with Crippen molar-refractivity contribution in [3.8, 4) is 0 Å². The molecule has 0 radical (unpaired) electrons. The normalized spacial score (nSPS) is 17.9. The van der Waals surface area contributed by atoms with Crippen LogP contribution >= 0.6 is 0 Å². The van der Waals surface area contributed by atoms with Gasteiger partial charge in [-0.25, -0.2) is 0 Å². The van der Waals surface area contributed by atoms with E-state index in [9.17, 15) is 50.2 Å². The topological polar surface area (TPSA) is 258 Å². The highest BCUT2D eigenvalue weighted by Gasteiger charge is 2.62. The van der Waals surface area contributed by atoms with Crippen molar-refractivity contribution in [3.63, 3.8) is 0 Å². The van der Waals surface area contributed by atoms with Crippen LogP contribution in [-0.2, 0) is 39.4 Å². The summed E-state index contributed by atoms with van der Waals surface area (Å²) in [5.74, 6) is -11.3. The third kappa shape index (κ3) is 4.71. The highest BCUT2D eigenvalue weighted by molar-refractivity contribution is 7.88. The maximum atomic E-state index is 11.6. The molecule has 0 saturated carbocycles. The standard InChI is InChI=1S/C11H16O14S2/c1-5(11(9(18)19,4-7(14)15)27(23,24)25)2-10(8(16)17,3-6(12)13)26(20,21)22/h5H,2-4H2,1H3,(H,12,13)(H,14,15)(H,16,17)(H,18,19)(H,20,21,22)(H,23,24,25). The van der Waals surface area contributed by atoms with Crippen molar-refractivity contribution in [2.24, 2.45) is 5.92 Å². The van der Waals surface area contributed by atoms with Crippen LogP contribution in [0.15, 0.2) is 0 Å². The molecule has 0 aromatic heterocycles. The molecule has 27 heavy (non-hydrogen) atoms. The van der Waals surface area contributed by atoms with E-state index in [0.29, 0.717) is 6.92 Å². The molecule has 0 rings (SSSR count). The zero-order valence-electron chi connectivity index (χ0n) is 13.5. The van der Waals surface area contributed by atoms with E-state index in [0.717, 1.165) is 0 Å². The van der Waals surface area contributed by atoms with Crippen LogP contribution in [-0.4, -0.2) is 79.7 Å². The zero-order valence-corrected chi connectivity index (χ0v) is 15.1. The smallest absolute Gasteiger partial charge is 0.328 e. The molecular weight excluding hydrogens is 420 g/mol. The van der Waals surface area contributed by atoms with Crippen LogP contribution in [0.1, 0.15) is 26.2 Å². The minimum Gasteiger partial charge on any atom is -0.481 e. The van der Waals surface area contributed by atoms with E-state index >= 15 is 0 Å². The molecular formula is C11H16O14S2. The predicted molar refractivity (Wildman–Crippen MR) is 82.1 cm³/mol. The van der Waals surface area contributed by atoms with E-state index in [4.69, 9.17) is 15.3 Å². The van der Waals surface area contributed by atoms with Crippen molar-refractivity contribution in [1.82, 2.24) is 0 Å². The van der Waals surface area contributed by atoms with Crippen LogP contribution in [0.2, 0.25) is 0 Å². The second kappa shape index (κ2) is 7.75. The first-order valence-electron chi connectivity index (χ1n) is 6.69. The third-order valence-electron chi connectivity index (χ3n) is 3.99. The van der Waals surface area contributed by atoms with Gasteiger partial charge >= 0.3 is 23.9 Å². The lowest BCUT2D eigenvalue weighted by Gasteiger charge is -2.35. The number of hydrogen-bond donors (Lipinski definition) is 6. The number of carboxylic acids is 4. The van der Waals surface area contributed by atoms with Crippen molar-refractivity contribution < 1.29 is 65.5 Å². The Hall–Kier alpha value is -2.30. The molecule has 16 heteroatoms. The Morgan fingerprint density at radius 1 is 0.778 bits per heavy atom. The van der Waals surface area contributed by atoms with E-state index in [2.05, 4.69) is 0 Å². The summed E-state index contributed by atoms with van der Waals surface area (Å²) in [6.45, 7) is 0.579. The number of carbonyl (C=O) groups is 4. The molecule has 156 valence electrons. The Morgan fingerprint density at radius 3 is 1.41 bits per heavy atom. The van der Waals surface area contributed by atoms with Crippen molar-refractivity contribution >= 4 is 44.1 Å². The number of aliphatic carboxylic acids is 4. The molecule has 6 N–H and O–H groups in total. The van der Waals surface area contributed by atoms with Gasteiger partial charge in [0.25, 0.3) is 20.2 Å². The van der Waals surface area contributed by atoms with Crippen molar-refractivity contribution in [1.29, 1.82) is 0 Å². The van der Waals surface area contributed by atoms with E-state index in [1.807, 2.05) is 0 Å². The molecule has 0 aromatic carbocycles. The minimum absolute atomic E-state index is 0.579. The average molecular weight is 436 g/mol. The van der Waals surface area contributed by atoms with Gasteiger partial charge in [0.1, 0.15) is 0 Å². The fourth-order valence-corrected chi connectivity index (χ4v) is 4.69. The Balaban J connectivity index is 6.77. The Bertz CT molecular complexity index is 855. The molecule has 0 aliphatic carbocycles. The lowest BCUT2D eigenvalue weighted by Crippen LogP contribution is -2.57. The Morgan fingerprint density at radius 2 is 1.19 bits per heavy atom. The third-order valence-corrected chi connectivity index (χ3v) is 7.10. The van der Waals surface area contributed by atoms with Crippen LogP contribution < -0.4 is 0 Å². The fraction of sp³-hybridized carbons (Fsp3) is 0.636. The van der Waals surface area contributed by atoms with Gasteiger partial charge in [0, 0.05) is 0 Å². The van der Waals surface area contributed by atoms with Gasteiger partial charge in [0.05, 0.1) is 12.8 Å². The lowest BCUT2D eigenvalue weighted by atomic mass is 9.81. The summed E-state index contributed by atoms with van der Waals surface area (Å²) in [6, 6.07) is 0. The molecule has 0 bridgehead atoms. The molecule has 3 atom stereocenters. The highest BCUT2D eigenvalue weighted by atomic mass is 32.2. The molecule has 0 aliphatic rings. The van der Waals surface area contributed by atoms with Gasteiger partial charge in [0.15, 0.2) is 0 Å². The van der Waals surface area contributed by atoms with Gasteiger partial charge < -0.3 is 20.4 Å². The first-order chi connectivity index (χ1) is 11.8. The SMILES string of the molecule is CC(CC(CC(=O)O)(C(=O)O)S(=O)(=O)O)C(CC(=O)O)(C(=O)O)S(=O)(=O)O. The van der Waals surface area contributed by atoms with E-state index in [1.165, 1.54) is 0 Å². The average Bonchev–Trinajstić information content (AvgIpc) is 2.39. The largest absolute Gasteiger partial charge is 0.481 e. The summed E-state index contributed by atoms with van der Waals surface area (Å²) in [6.07, 6.45) is -5.27. The summed E-state index contributed by atoms with van der Waals surface area (Å²) < 4.78 is 57.7. The zero-order chi connectivity index (χ0) is 22.0. The Labute approximate surface area is 151 Å². The molecule has 0 fully saturated rings. The van der Waals surface area contributed by atoms with E-state index in [-0.39, 0.29) is 0 Å². The molecule has 14 nitrogen and oxygen atoms in total. The molecule has 0 aromatic rings. The van der Waals surface area contributed by atoms with Crippen LogP contribution in [0.5, 0.6) is 0 Å². The van der Waals surface area contributed by atoms with Crippen molar-refractivity contribution in [2.45, 2.75) is 35.7 Å². The van der Waals surface area contributed by atoms with Crippen molar-refractivity contribution in [2.75, 3.05) is 0 Å². The lowest BCUT2D eigenvalue weighted by molar-refractivity contribution is -0.150. The van der Waals surface area contributed by atoms with Crippen LogP contribution in [0.25, 0.3) is 0 Å². The molecule has 0 spiro atoms. The quantitative estimate of drug-likeness (QED) is 0.199. The van der Waals surface area contributed by atoms with Gasteiger partial charge in [-0.15, -0.1) is 0 Å². The summed E-state index contributed by atoms with van der Waals surface area (Å²) in [7, 11) is -11.6. The molecule has 3 unspecified atom stereocenters. The van der Waals surface area contributed by atoms with Gasteiger partial charge in [-0.3, -0.25) is 28.3 Å². The molecule has 0 heterocycles. The summed E-state index contributed by atoms with van der Waals surface area (Å²) in [4.78, 5) is 44.7. The van der Waals surface area contributed by atoms with Gasteiger partial charge in [-0.05, 0) is 12.3 Å². The maximum absolute atomic E-state index is 11.6. The number of hydrogen-bond acceptors (Lipinski definition) is 8. The van der Waals surface area contributed by atoms with Gasteiger partial charge in [-0.2, -0.15) is 16.8 Å². The second-order valence-corrected chi connectivity index (χ2v) is 9.10. The summed E-state index contributed by atoms with van der Waals surface area (Å²) >= 11 is 0. The number of rotatable bonds is 11. The monoisotopic (exact) mass is 436 g/mol. The van der Waals surface area contributed by atoms with Crippen LogP contribution in [0.4, 0.5) is 0 Å².